The highest BCUT2D eigenvalue weighted by Gasteiger charge is 2.56. The normalized spacial score (nSPS) is 27.6. The molecule has 4 unspecified atom stereocenters. The average molecular weight is 454 g/mol. The number of benzene rings is 2. The number of hydrogen-bond donors (Lipinski definition) is 1. The number of hydrogen-bond acceptors (Lipinski definition) is 6. The van der Waals surface area contributed by atoms with E-state index in [1.54, 1.807) is 37.3 Å². The maximum Gasteiger partial charge on any atom is 0.328 e. The molecule has 3 heterocycles. The molecule has 0 spiro atoms. The third-order valence-electron chi connectivity index (χ3n) is 6.78. The lowest BCUT2D eigenvalue weighted by Gasteiger charge is -2.46. The van der Waals surface area contributed by atoms with Crippen molar-refractivity contribution in [2.24, 2.45) is 5.92 Å². The van der Waals surface area contributed by atoms with Gasteiger partial charge in [0.05, 0.1) is 13.7 Å². The van der Waals surface area contributed by atoms with Gasteiger partial charge in [0.15, 0.2) is 0 Å². The van der Waals surface area contributed by atoms with Crippen molar-refractivity contribution >= 4 is 17.6 Å². The number of halogens is 1. The van der Waals surface area contributed by atoms with Crippen LogP contribution in [0.2, 0.25) is 0 Å². The van der Waals surface area contributed by atoms with Gasteiger partial charge in [0.1, 0.15) is 30.1 Å². The van der Waals surface area contributed by atoms with Crippen molar-refractivity contribution in [1.29, 1.82) is 0 Å². The quantitative estimate of drug-likeness (QED) is 0.766. The summed E-state index contributed by atoms with van der Waals surface area (Å²) >= 11 is 0. The summed E-state index contributed by atoms with van der Waals surface area (Å²) in [6.45, 7) is 3.59. The predicted molar refractivity (Wildman–Crippen MR) is 121 cm³/mol. The van der Waals surface area contributed by atoms with Gasteiger partial charge in [-0.25, -0.2) is 9.18 Å². The molecule has 0 aliphatic carbocycles. The number of likely N-dealkylation sites (N-methyl/N-ethyl adjacent to an activating group) is 1. The summed E-state index contributed by atoms with van der Waals surface area (Å²) in [4.78, 5) is 33.8. The van der Waals surface area contributed by atoms with Crippen LogP contribution >= 0.6 is 0 Å². The fourth-order valence-electron chi connectivity index (χ4n) is 5.14. The van der Waals surface area contributed by atoms with Crippen LogP contribution in [0.15, 0.2) is 48.5 Å². The van der Waals surface area contributed by atoms with E-state index in [-0.39, 0.29) is 18.7 Å². The fourth-order valence-corrected chi connectivity index (χ4v) is 5.14. The summed E-state index contributed by atoms with van der Waals surface area (Å²) in [6, 6.07) is 13.1. The number of fused-ring (bicyclic) bond motifs is 3. The summed E-state index contributed by atoms with van der Waals surface area (Å²) < 4.78 is 19.6. The van der Waals surface area contributed by atoms with Gasteiger partial charge >= 0.3 is 6.03 Å². The smallest absolute Gasteiger partial charge is 0.328 e. The fraction of sp³-hybridized carbons (Fsp3) is 0.417. The molecular formula is C24H28FN5O3. The van der Waals surface area contributed by atoms with Crippen LogP contribution in [0.4, 0.5) is 14.9 Å². The number of urea groups is 1. The third-order valence-corrected chi connectivity index (χ3v) is 6.78. The number of imide groups is 1. The van der Waals surface area contributed by atoms with Gasteiger partial charge in [-0.05, 0) is 36.2 Å². The molecular weight excluding hydrogens is 425 g/mol. The van der Waals surface area contributed by atoms with Gasteiger partial charge in [0.25, 0.3) is 5.91 Å². The van der Waals surface area contributed by atoms with E-state index in [2.05, 4.69) is 22.0 Å². The summed E-state index contributed by atoms with van der Waals surface area (Å²) in [5.41, 5.74) is 1.33. The lowest BCUT2D eigenvalue weighted by Crippen LogP contribution is -2.66. The van der Waals surface area contributed by atoms with Crippen molar-refractivity contribution < 1.29 is 18.7 Å². The van der Waals surface area contributed by atoms with Gasteiger partial charge in [-0.1, -0.05) is 25.1 Å². The highest BCUT2D eigenvalue weighted by Crippen LogP contribution is 2.35. The van der Waals surface area contributed by atoms with Gasteiger partial charge in [-0.15, -0.1) is 0 Å². The summed E-state index contributed by atoms with van der Waals surface area (Å²) in [5, 5.41) is 3.50. The van der Waals surface area contributed by atoms with Crippen LogP contribution < -0.4 is 15.0 Å². The topological polar surface area (TPSA) is 68.4 Å². The molecule has 1 N–H and O–H groups in total. The molecule has 174 valence electrons. The number of carbonyl (C=O) groups excluding carboxylic acids is 2. The van der Waals surface area contributed by atoms with Gasteiger partial charge in [0.2, 0.25) is 0 Å². The summed E-state index contributed by atoms with van der Waals surface area (Å²) in [7, 11) is 3.32. The number of methoxy groups -OCH3 is 1. The Hall–Kier alpha value is -3.17. The molecule has 2 aromatic rings. The van der Waals surface area contributed by atoms with Gasteiger partial charge in [0, 0.05) is 31.4 Å². The van der Waals surface area contributed by atoms with E-state index < -0.39 is 24.1 Å². The van der Waals surface area contributed by atoms with E-state index in [1.807, 2.05) is 24.3 Å². The van der Waals surface area contributed by atoms with Gasteiger partial charge in [-0.2, -0.15) is 0 Å². The van der Waals surface area contributed by atoms with Crippen LogP contribution in [0.5, 0.6) is 5.75 Å². The number of amides is 3. The lowest BCUT2D eigenvalue weighted by molar-refractivity contribution is -0.139. The lowest BCUT2D eigenvalue weighted by atomic mass is 10.0. The van der Waals surface area contributed by atoms with E-state index in [4.69, 9.17) is 4.74 Å². The number of rotatable bonds is 4. The Morgan fingerprint density at radius 3 is 2.52 bits per heavy atom. The van der Waals surface area contributed by atoms with Crippen LogP contribution in [-0.4, -0.2) is 72.4 Å². The van der Waals surface area contributed by atoms with Crippen LogP contribution in [0.25, 0.3) is 0 Å². The van der Waals surface area contributed by atoms with Gasteiger partial charge in [-0.3, -0.25) is 19.9 Å². The molecule has 2 aromatic carbocycles. The first-order valence-electron chi connectivity index (χ1n) is 11.1. The molecule has 0 aromatic heterocycles. The van der Waals surface area contributed by atoms with Crippen LogP contribution in [-0.2, 0) is 11.3 Å². The highest BCUT2D eigenvalue weighted by molar-refractivity contribution is 6.00. The number of nitrogens with one attached hydrogen (secondary N) is 1. The maximum absolute atomic E-state index is 14.3. The molecule has 0 saturated carbocycles. The first-order valence-corrected chi connectivity index (χ1v) is 11.1. The molecule has 0 bridgehead atoms. The Labute approximate surface area is 192 Å². The van der Waals surface area contributed by atoms with Crippen molar-refractivity contribution in [3.63, 3.8) is 0 Å². The van der Waals surface area contributed by atoms with Crippen LogP contribution in [0.1, 0.15) is 12.5 Å². The van der Waals surface area contributed by atoms with Crippen molar-refractivity contribution in [1.82, 2.24) is 20.0 Å². The first kappa shape index (κ1) is 21.7. The number of ether oxygens (including phenoxy) is 1. The van der Waals surface area contributed by atoms with Gasteiger partial charge < -0.3 is 14.5 Å². The molecule has 3 aliphatic rings. The van der Waals surface area contributed by atoms with Crippen molar-refractivity contribution in [2.45, 2.75) is 32.0 Å². The number of carbonyl (C=O) groups is 2. The molecule has 3 amide bonds. The summed E-state index contributed by atoms with van der Waals surface area (Å²) in [6.07, 6.45) is -0.699. The molecule has 3 aliphatic heterocycles. The monoisotopic (exact) mass is 453 g/mol. The minimum atomic E-state index is -0.548. The third kappa shape index (κ3) is 3.61. The highest BCUT2D eigenvalue weighted by atomic mass is 19.1. The molecule has 3 saturated heterocycles. The second-order valence-corrected chi connectivity index (χ2v) is 8.99. The van der Waals surface area contributed by atoms with Crippen molar-refractivity contribution in [2.75, 3.05) is 32.1 Å². The standard InChI is InChI=1S/C24H28FN5O3/c1-15-12-28(17-8-10-18(33-3)11-9-17)23-26-21-20(29(23)13-15)22(31)30(24(32)27(21)2)14-16-6-4-5-7-19(16)25/h4-11,15,20-21,23,26H,12-14H2,1-3H3. The molecule has 9 heteroatoms. The Morgan fingerprint density at radius 2 is 1.82 bits per heavy atom. The van der Waals surface area contributed by atoms with E-state index >= 15 is 0 Å². The molecule has 3 fully saturated rings. The Kier molecular flexibility index (Phi) is 5.46. The maximum atomic E-state index is 14.3. The molecule has 8 nitrogen and oxygen atoms in total. The predicted octanol–water partition coefficient (Wildman–Crippen LogP) is 2.27. The number of nitrogens with zero attached hydrogens (tertiary/aromatic N) is 4. The molecule has 5 rings (SSSR count). The van der Waals surface area contributed by atoms with Crippen molar-refractivity contribution in [3.8, 4) is 5.75 Å². The molecule has 0 radical (unpaired) electrons. The van der Waals surface area contributed by atoms with Crippen LogP contribution in [0, 0.1) is 11.7 Å². The second-order valence-electron chi connectivity index (χ2n) is 8.99. The van der Waals surface area contributed by atoms with E-state index in [9.17, 15) is 14.0 Å². The minimum absolute atomic E-state index is 0.0891. The number of anilines is 1. The molecule has 33 heavy (non-hydrogen) atoms. The molecule has 4 atom stereocenters. The van der Waals surface area contributed by atoms with E-state index in [0.29, 0.717) is 18.0 Å². The van der Waals surface area contributed by atoms with Crippen LogP contribution in [0.3, 0.4) is 0 Å². The van der Waals surface area contributed by atoms with E-state index in [1.165, 1.54) is 11.0 Å². The van der Waals surface area contributed by atoms with E-state index in [0.717, 1.165) is 18.0 Å². The zero-order valence-corrected chi connectivity index (χ0v) is 18.9. The average Bonchev–Trinajstić information content (AvgIpc) is 3.20. The Morgan fingerprint density at radius 1 is 1.09 bits per heavy atom. The van der Waals surface area contributed by atoms with Crippen molar-refractivity contribution in [3.05, 3.63) is 59.9 Å². The summed E-state index contributed by atoms with van der Waals surface area (Å²) in [5.74, 6) is 0.352. The first-order chi connectivity index (χ1) is 15.9. The largest absolute Gasteiger partial charge is 0.497 e. The zero-order chi connectivity index (χ0) is 23.3. The minimum Gasteiger partial charge on any atom is -0.497 e. The Bertz CT molecular complexity index is 1060. The zero-order valence-electron chi connectivity index (χ0n) is 18.9. The second kappa shape index (κ2) is 8.31. The Balaban J connectivity index is 1.45. The SMILES string of the molecule is COc1ccc(N2CC(C)CN3C4C(=O)N(Cc5ccccc5F)C(=O)N(C)C4NC23)cc1.